The van der Waals surface area contributed by atoms with Crippen molar-refractivity contribution >= 4 is 17.9 Å². The third kappa shape index (κ3) is 2.80. The van der Waals surface area contributed by atoms with Gasteiger partial charge in [-0.25, -0.2) is 14.8 Å². The van der Waals surface area contributed by atoms with Crippen molar-refractivity contribution in [1.29, 1.82) is 0 Å². The van der Waals surface area contributed by atoms with Crippen LogP contribution in [0.4, 0.5) is 4.79 Å². The number of carbonyl (C=O) groups is 3. The van der Waals surface area contributed by atoms with Gasteiger partial charge in [-0.1, -0.05) is 0 Å². The summed E-state index contributed by atoms with van der Waals surface area (Å²) in [6.45, 7) is 2.48. The lowest BCUT2D eigenvalue weighted by molar-refractivity contribution is -0.136. The van der Waals surface area contributed by atoms with Crippen molar-refractivity contribution < 1.29 is 19.1 Å². The number of fused-ring (bicyclic) bond motifs is 2. The lowest BCUT2D eigenvalue weighted by Gasteiger charge is -2.45. The predicted molar refractivity (Wildman–Crippen MR) is 96.2 cm³/mol. The number of carbonyl (C=O) groups excluding carboxylic acids is 3. The number of ether oxygens (including phenoxy) is 1. The van der Waals surface area contributed by atoms with E-state index in [0.717, 1.165) is 12.8 Å². The first-order chi connectivity index (χ1) is 13.6. The summed E-state index contributed by atoms with van der Waals surface area (Å²) < 4.78 is 5.85. The summed E-state index contributed by atoms with van der Waals surface area (Å²) in [6, 6.07) is 1.48. The van der Waals surface area contributed by atoms with Gasteiger partial charge < -0.3 is 14.5 Å². The molecule has 1 atom stereocenters. The summed E-state index contributed by atoms with van der Waals surface area (Å²) in [7, 11) is 0. The number of hydrogen-bond acceptors (Lipinski definition) is 6. The van der Waals surface area contributed by atoms with E-state index in [-0.39, 0.29) is 35.7 Å². The zero-order valence-electron chi connectivity index (χ0n) is 15.6. The molecule has 3 saturated heterocycles. The Morgan fingerprint density at radius 3 is 2.43 bits per heavy atom. The van der Waals surface area contributed by atoms with Gasteiger partial charge in [-0.15, -0.1) is 0 Å². The van der Waals surface area contributed by atoms with Gasteiger partial charge in [0.25, 0.3) is 5.91 Å². The van der Waals surface area contributed by atoms with Gasteiger partial charge in [0.15, 0.2) is 0 Å². The predicted octanol–water partition coefficient (Wildman–Crippen LogP) is 0.524. The maximum atomic E-state index is 12.8. The second kappa shape index (κ2) is 6.42. The number of rotatable bonds is 2. The van der Waals surface area contributed by atoms with Crippen molar-refractivity contribution in [2.24, 2.45) is 5.92 Å². The fraction of sp³-hybridized carbons (Fsp3) is 0.632. The second-order valence-corrected chi connectivity index (χ2v) is 8.07. The van der Waals surface area contributed by atoms with Crippen LogP contribution in [0.5, 0.6) is 0 Å². The van der Waals surface area contributed by atoms with Crippen LogP contribution < -0.4 is 0 Å². The molecule has 1 aromatic rings. The van der Waals surface area contributed by atoms with Gasteiger partial charge in [0, 0.05) is 63.9 Å². The smallest absolute Gasteiger partial charge is 0.410 e. The van der Waals surface area contributed by atoms with Crippen molar-refractivity contribution in [1.82, 2.24) is 24.7 Å². The van der Waals surface area contributed by atoms with E-state index < -0.39 is 5.60 Å². The molecule has 3 amide bonds. The molecule has 0 bridgehead atoms. The maximum Gasteiger partial charge on any atom is 0.410 e. The van der Waals surface area contributed by atoms with E-state index in [4.69, 9.17) is 4.74 Å². The SMILES string of the molecule is O=C(c1ncccn1)N1CCN2C(=O)OC3(CCN(C(=O)C4CC4)CC3)C2C1. The minimum atomic E-state index is -0.631. The van der Waals surface area contributed by atoms with Gasteiger partial charge in [-0.05, 0) is 18.9 Å². The number of piperidine rings is 1. The average molecular weight is 385 g/mol. The minimum Gasteiger partial charge on any atom is -0.440 e. The van der Waals surface area contributed by atoms with Crippen LogP contribution in [0.3, 0.4) is 0 Å². The fourth-order valence-corrected chi connectivity index (χ4v) is 4.62. The fourth-order valence-electron chi connectivity index (χ4n) is 4.62. The number of amides is 3. The third-order valence-electron chi connectivity index (χ3n) is 6.41. The summed E-state index contributed by atoms with van der Waals surface area (Å²) >= 11 is 0. The van der Waals surface area contributed by atoms with Gasteiger partial charge in [0.1, 0.15) is 5.60 Å². The molecule has 3 aliphatic heterocycles. The molecule has 9 heteroatoms. The first kappa shape index (κ1) is 17.4. The largest absolute Gasteiger partial charge is 0.440 e. The number of piperazine rings is 1. The summed E-state index contributed by atoms with van der Waals surface area (Å²) in [5, 5.41) is 0. The van der Waals surface area contributed by atoms with Crippen LogP contribution in [-0.4, -0.2) is 86.9 Å². The highest BCUT2D eigenvalue weighted by Crippen LogP contribution is 2.41. The van der Waals surface area contributed by atoms with E-state index in [0.29, 0.717) is 45.6 Å². The molecule has 0 N–H and O–H groups in total. The van der Waals surface area contributed by atoms with Gasteiger partial charge in [-0.2, -0.15) is 0 Å². The summed E-state index contributed by atoms with van der Waals surface area (Å²) in [5.41, 5.74) is -0.631. The van der Waals surface area contributed by atoms with Crippen molar-refractivity contribution in [3.63, 3.8) is 0 Å². The molecule has 1 spiro atoms. The third-order valence-corrected chi connectivity index (χ3v) is 6.41. The zero-order chi connectivity index (χ0) is 19.3. The van der Waals surface area contributed by atoms with E-state index in [9.17, 15) is 14.4 Å². The molecule has 148 valence electrons. The van der Waals surface area contributed by atoms with E-state index in [1.165, 1.54) is 0 Å². The highest BCUT2D eigenvalue weighted by atomic mass is 16.6. The standard InChI is InChI=1S/C19H23N5O4/c25-16(13-2-3-13)22-8-4-19(5-9-22)14-12-23(10-11-24(14)18(27)28-19)17(26)15-20-6-1-7-21-15/h1,6-7,13-14H,2-5,8-12H2. The molecular weight excluding hydrogens is 362 g/mol. The Morgan fingerprint density at radius 2 is 1.75 bits per heavy atom. The molecule has 1 aromatic heterocycles. The van der Waals surface area contributed by atoms with Crippen molar-refractivity contribution in [3.8, 4) is 0 Å². The first-order valence-electron chi connectivity index (χ1n) is 9.92. The van der Waals surface area contributed by atoms with Crippen molar-refractivity contribution in [3.05, 3.63) is 24.3 Å². The Bertz CT molecular complexity index is 804. The second-order valence-electron chi connectivity index (χ2n) is 8.07. The molecule has 4 heterocycles. The Kier molecular flexibility index (Phi) is 3.99. The van der Waals surface area contributed by atoms with E-state index in [2.05, 4.69) is 9.97 Å². The lowest BCUT2D eigenvalue weighted by atomic mass is 9.83. The summed E-state index contributed by atoms with van der Waals surface area (Å²) in [4.78, 5) is 51.0. The van der Waals surface area contributed by atoms with E-state index in [1.807, 2.05) is 4.90 Å². The van der Waals surface area contributed by atoms with Crippen LogP contribution in [0.2, 0.25) is 0 Å². The van der Waals surface area contributed by atoms with Gasteiger partial charge in [-0.3, -0.25) is 14.5 Å². The topological polar surface area (TPSA) is 95.9 Å². The number of likely N-dealkylation sites (tertiary alicyclic amines) is 1. The number of hydrogen-bond donors (Lipinski definition) is 0. The van der Waals surface area contributed by atoms with Crippen LogP contribution in [0.1, 0.15) is 36.3 Å². The van der Waals surface area contributed by atoms with Crippen LogP contribution in [0, 0.1) is 5.92 Å². The van der Waals surface area contributed by atoms with E-state index >= 15 is 0 Å². The number of aromatic nitrogens is 2. The number of nitrogens with zero attached hydrogens (tertiary/aromatic N) is 5. The molecule has 9 nitrogen and oxygen atoms in total. The Balaban J connectivity index is 1.31. The van der Waals surface area contributed by atoms with Crippen molar-refractivity contribution in [2.45, 2.75) is 37.3 Å². The first-order valence-corrected chi connectivity index (χ1v) is 9.92. The Morgan fingerprint density at radius 1 is 1.04 bits per heavy atom. The summed E-state index contributed by atoms with van der Waals surface area (Å²) in [5.74, 6) is 0.374. The highest BCUT2D eigenvalue weighted by molar-refractivity contribution is 5.90. The molecule has 0 radical (unpaired) electrons. The highest BCUT2D eigenvalue weighted by Gasteiger charge is 2.57. The molecular formula is C19H23N5O4. The minimum absolute atomic E-state index is 0.167. The Hall–Kier alpha value is -2.71. The van der Waals surface area contributed by atoms with Crippen LogP contribution in [0.15, 0.2) is 18.5 Å². The van der Waals surface area contributed by atoms with E-state index in [1.54, 1.807) is 28.3 Å². The average Bonchev–Trinajstić information content (AvgIpc) is 3.55. The molecule has 1 saturated carbocycles. The van der Waals surface area contributed by atoms with Crippen LogP contribution >= 0.6 is 0 Å². The molecule has 5 rings (SSSR count). The van der Waals surface area contributed by atoms with Gasteiger partial charge in [0.2, 0.25) is 11.7 Å². The molecule has 0 aromatic carbocycles. The normalized spacial score (nSPS) is 26.2. The molecule has 1 unspecified atom stereocenters. The molecule has 4 fully saturated rings. The maximum absolute atomic E-state index is 12.8. The summed E-state index contributed by atoms with van der Waals surface area (Å²) in [6.07, 6.45) is 5.99. The van der Waals surface area contributed by atoms with Gasteiger partial charge in [0.05, 0.1) is 6.04 Å². The zero-order valence-corrected chi connectivity index (χ0v) is 15.6. The Labute approximate surface area is 162 Å². The van der Waals surface area contributed by atoms with Gasteiger partial charge >= 0.3 is 6.09 Å². The quantitative estimate of drug-likeness (QED) is 0.737. The molecule has 4 aliphatic rings. The van der Waals surface area contributed by atoms with Crippen LogP contribution in [0.25, 0.3) is 0 Å². The lowest BCUT2D eigenvalue weighted by Crippen LogP contribution is -2.61. The molecule has 1 aliphatic carbocycles. The monoisotopic (exact) mass is 385 g/mol. The van der Waals surface area contributed by atoms with Crippen LogP contribution in [-0.2, 0) is 9.53 Å². The van der Waals surface area contributed by atoms with Crippen molar-refractivity contribution in [2.75, 3.05) is 32.7 Å². The molecule has 28 heavy (non-hydrogen) atoms.